The quantitative estimate of drug-likeness (QED) is 0.752. The molecule has 0 bridgehead atoms. The summed E-state index contributed by atoms with van der Waals surface area (Å²) in [6.07, 6.45) is 5.11. The van der Waals surface area contributed by atoms with Crippen LogP contribution in [-0.4, -0.2) is 41.3 Å². The Morgan fingerprint density at radius 3 is 1.39 bits per heavy atom. The van der Waals surface area contributed by atoms with Gasteiger partial charge in [0.1, 0.15) is 0 Å². The van der Waals surface area contributed by atoms with Gasteiger partial charge in [-0.05, 0) is 47.5 Å². The van der Waals surface area contributed by atoms with Crippen LogP contribution in [0.25, 0.3) is 12.2 Å². The standard InChI is InChI=1S/C21H18N2O5/c24-19(25)11-5-15-1-7-17(8-2-15)22-13-14-23(21(22)28)18-9-3-16(4-10-18)6-12-20(26)27/h1-12H,13-14H2,(H,24,25)(H,26,27)/b11-5+,12-6+. The van der Waals surface area contributed by atoms with Gasteiger partial charge in [0.2, 0.25) is 0 Å². The highest BCUT2D eigenvalue weighted by molar-refractivity contribution is 6.06. The number of amides is 2. The summed E-state index contributed by atoms with van der Waals surface area (Å²) >= 11 is 0. The lowest BCUT2D eigenvalue weighted by Gasteiger charge is -2.19. The summed E-state index contributed by atoms with van der Waals surface area (Å²) in [4.78, 5) is 37.2. The van der Waals surface area contributed by atoms with Crippen LogP contribution in [0.15, 0.2) is 60.7 Å². The monoisotopic (exact) mass is 378 g/mol. The van der Waals surface area contributed by atoms with Crippen molar-refractivity contribution in [2.24, 2.45) is 0 Å². The first-order chi connectivity index (χ1) is 13.4. The Labute approximate surface area is 161 Å². The van der Waals surface area contributed by atoms with Gasteiger partial charge in [-0.1, -0.05) is 24.3 Å². The van der Waals surface area contributed by atoms with Gasteiger partial charge in [0.25, 0.3) is 0 Å². The van der Waals surface area contributed by atoms with Gasteiger partial charge in [0.15, 0.2) is 0 Å². The number of rotatable bonds is 6. The van der Waals surface area contributed by atoms with Crippen LogP contribution in [0.3, 0.4) is 0 Å². The molecule has 2 N–H and O–H groups in total. The van der Waals surface area contributed by atoms with Gasteiger partial charge < -0.3 is 10.2 Å². The molecule has 0 unspecified atom stereocenters. The number of carboxylic acids is 2. The largest absolute Gasteiger partial charge is 0.478 e. The van der Waals surface area contributed by atoms with E-state index in [1.165, 1.54) is 12.2 Å². The van der Waals surface area contributed by atoms with Crippen LogP contribution in [0, 0.1) is 0 Å². The Morgan fingerprint density at radius 2 is 1.07 bits per heavy atom. The molecule has 0 spiro atoms. The number of nitrogens with zero attached hydrogens (tertiary/aromatic N) is 2. The number of hydrogen-bond acceptors (Lipinski definition) is 3. The van der Waals surface area contributed by atoms with Crippen LogP contribution < -0.4 is 9.80 Å². The second-order valence-corrected chi connectivity index (χ2v) is 6.11. The second-order valence-electron chi connectivity index (χ2n) is 6.11. The summed E-state index contributed by atoms with van der Waals surface area (Å²) in [7, 11) is 0. The first-order valence-corrected chi connectivity index (χ1v) is 8.55. The van der Waals surface area contributed by atoms with Crippen molar-refractivity contribution in [2.75, 3.05) is 22.9 Å². The normalized spacial score (nSPS) is 14.4. The van der Waals surface area contributed by atoms with Crippen LogP contribution in [-0.2, 0) is 9.59 Å². The molecular weight excluding hydrogens is 360 g/mol. The maximum absolute atomic E-state index is 12.8. The number of carbonyl (C=O) groups excluding carboxylic acids is 1. The molecule has 1 fully saturated rings. The van der Waals surface area contributed by atoms with Gasteiger partial charge in [-0.3, -0.25) is 9.80 Å². The summed E-state index contributed by atoms with van der Waals surface area (Å²) < 4.78 is 0. The molecule has 2 amide bonds. The maximum Gasteiger partial charge on any atom is 0.329 e. The molecule has 2 aromatic carbocycles. The van der Waals surface area contributed by atoms with Crippen molar-refractivity contribution in [1.29, 1.82) is 0 Å². The zero-order chi connectivity index (χ0) is 20.1. The molecule has 1 heterocycles. The number of hydrogen-bond donors (Lipinski definition) is 2. The molecule has 1 aliphatic rings. The van der Waals surface area contributed by atoms with E-state index in [2.05, 4.69) is 0 Å². The van der Waals surface area contributed by atoms with Crippen LogP contribution in [0.5, 0.6) is 0 Å². The Hall–Kier alpha value is -3.87. The fraction of sp³-hybridized carbons (Fsp3) is 0.0952. The second kappa shape index (κ2) is 8.22. The molecule has 3 rings (SSSR count). The van der Waals surface area contributed by atoms with Crippen LogP contribution in [0.4, 0.5) is 16.2 Å². The average Bonchev–Trinajstić information content (AvgIpc) is 3.07. The average molecular weight is 378 g/mol. The van der Waals surface area contributed by atoms with Gasteiger partial charge in [-0.25, -0.2) is 14.4 Å². The van der Waals surface area contributed by atoms with Gasteiger partial charge >= 0.3 is 18.0 Å². The number of benzene rings is 2. The van der Waals surface area contributed by atoms with Crippen molar-refractivity contribution in [3.63, 3.8) is 0 Å². The lowest BCUT2D eigenvalue weighted by Crippen LogP contribution is -2.31. The molecule has 0 atom stereocenters. The van der Waals surface area contributed by atoms with Crippen molar-refractivity contribution in [3.8, 4) is 0 Å². The van der Waals surface area contributed by atoms with Crippen molar-refractivity contribution in [2.45, 2.75) is 0 Å². The van der Waals surface area contributed by atoms with E-state index in [4.69, 9.17) is 10.2 Å². The van der Waals surface area contributed by atoms with Crippen LogP contribution >= 0.6 is 0 Å². The highest BCUT2D eigenvalue weighted by Crippen LogP contribution is 2.26. The first-order valence-electron chi connectivity index (χ1n) is 8.55. The number of aliphatic carboxylic acids is 2. The fourth-order valence-electron chi connectivity index (χ4n) is 2.88. The predicted octanol–water partition coefficient (Wildman–Crippen LogP) is 3.33. The molecule has 0 saturated carbocycles. The lowest BCUT2D eigenvalue weighted by molar-refractivity contribution is -0.132. The molecule has 0 radical (unpaired) electrons. The van der Waals surface area contributed by atoms with E-state index in [1.54, 1.807) is 58.3 Å². The molecule has 1 aliphatic heterocycles. The molecule has 7 nitrogen and oxygen atoms in total. The predicted molar refractivity (Wildman–Crippen MR) is 106 cm³/mol. The minimum absolute atomic E-state index is 0.150. The molecular formula is C21H18N2O5. The van der Waals surface area contributed by atoms with Crippen molar-refractivity contribution < 1.29 is 24.6 Å². The van der Waals surface area contributed by atoms with E-state index in [1.807, 2.05) is 0 Å². The van der Waals surface area contributed by atoms with E-state index in [0.29, 0.717) is 13.1 Å². The number of urea groups is 1. The molecule has 2 aromatic rings. The Bertz CT molecular complexity index is 868. The van der Waals surface area contributed by atoms with Crippen molar-refractivity contribution >= 4 is 41.5 Å². The highest BCUT2D eigenvalue weighted by atomic mass is 16.4. The first kappa shape index (κ1) is 18.9. The van der Waals surface area contributed by atoms with E-state index in [0.717, 1.165) is 34.7 Å². The molecule has 1 saturated heterocycles. The number of anilines is 2. The van der Waals surface area contributed by atoms with Crippen LogP contribution in [0.2, 0.25) is 0 Å². The molecule has 7 heteroatoms. The Balaban J connectivity index is 1.70. The zero-order valence-electron chi connectivity index (χ0n) is 14.9. The van der Waals surface area contributed by atoms with Crippen molar-refractivity contribution in [1.82, 2.24) is 0 Å². The summed E-state index contributed by atoms with van der Waals surface area (Å²) in [5.41, 5.74) is 2.95. The highest BCUT2D eigenvalue weighted by Gasteiger charge is 2.30. The van der Waals surface area contributed by atoms with Crippen molar-refractivity contribution in [3.05, 3.63) is 71.8 Å². The Morgan fingerprint density at radius 1 is 0.714 bits per heavy atom. The van der Waals surface area contributed by atoms with Gasteiger partial charge in [0.05, 0.1) is 0 Å². The van der Waals surface area contributed by atoms with Gasteiger partial charge in [0, 0.05) is 36.6 Å². The molecule has 0 aromatic heterocycles. The SMILES string of the molecule is O=C(O)/C=C/c1ccc(N2CCN(c3ccc(/C=C/C(=O)O)cc3)C2=O)cc1. The maximum atomic E-state index is 12.8. The molecule has 28 heavy (non-hydrogen) atoms. The third-order valence-electron chi connectivity index (χ3n) is 4.26. The topological polar surface area (TPSA) is 98.2 Å². The third-order valence-corrected chi connectivity index (χ3v) is 4.26. The minimum Gasteiger partial charge on any atom is -0.478 e. The number of carbonyl (C=O) groups is 3. The summed E-state index contributed by atoms with van der Waals surface area (Å²) in [6, 6.07) is 14.0. The fourth-order valence-corrected chi connectivity index (χ4v) is 2.88. The van der Waals surface area contributed by atoms with Gasteiger partial charge in [-0.2, -0.15) is 0 Å². The summed E-state index contributed by atoms with van der Waals surface area (Å²) in [5.74, 6) is -2.03. The lowest BCUT2D eigenvalue weighted by atomic mass is 10.2. The van der Waals surface area contributed by atoms with E-state index in [9.17, 15) is 14.4 Å². The minimum atomic E-state index is -1.01. The summed E-state index contributed by atoms with van der Waals surface area (Å²) in [6.45, 7) is 1.06. The molecule has 0 aliphatic carbocycles. The van der Waals surface area contributed by atoms with E-state index in [-0.39, 0.29) is 6.03 Å². The Kier molecular flexibility index (Phi) is 5.55. The number of carboxylic acid groups (broad SMARTS) is 2. The molecule has 142 valence electrons. The van der Waals surface area contributed by atoms with E-state index >= 15 is 0 Å². The van der Waals surface area contributed by atoms with Gasteiger partial charge in [-0.15, -0.1) is 0 Å². The van der Waals surface area contributed by atoms with Crippen LogP contribution in [0.1, 0.15) is 11.1 Å². The van der Waals surface area contributed by atoms with E-state index < -0.39 is 11.9 Å². The third kappa shape index (κ3) is 4.45. The summed E-state index contributed by atoms with van der Waals surface area (Å²) in [5, 5.41) is 17.3. The smallest absolute Gasteiger partial charge is 0.329 e. The zero-order valence-corrected chi connectivity index (χ0v) is 14.9.